The molecule has 1 aliphatic carbocycles. The van der Waals surface area contributed by atoms with E-state index in [2.05, 4.69) is 6.92 Å². The Morgan fingerprint density at radius 1 is 1.25 bits per heavy atom. The molecule has 1 rings (SSSR count). The van der Waals surface area contributed by atoms with Crippen LogP contribution < -0.4 is 0 Å². The molecule has 94 valence electrons. The van der Waals surface area contributed by atoms with Crippen molar-refractivity contribution in [3.63, 3.8) is 0 Å². The molecule has 0 unspecified atom stereocenters. The van der Waals surface area contributed by atoms with Crippen molar-refractivity contribution in [3.8, 4) is 0 Å². The first-order valence-corrected chi connectivity index (χ1v) is 7.35. The quantitative estimate of drug-likeness (QED) is 0.531. The van der Waals surface area contributed by atoms with Crippen LogP contribution in [0.25, 0.3) is 0 Å². The summed E-state index contributed by atoms with van der Waals surface area (Å²) in [5, 5.41) is 0. The lowest BCUT2D eigenvalue weighted by molar-refractivity contribution is 0.0436. The van der Waals surface area contributed by atoms with E-state index in [9.17, 15) is 4.79 Å². The van der Waals surface area contributed by atoms with Crippen molar-refractivity contribution < 1.29 is 14.3 Å². The summed E-state index contributed by atoms with van der Waals surface area (Å²) in [5.41, 5.74) is 0. The summed E-state index contributed by atoms with van der Waals surface area (Å²) in [7, 11) is 0. The average Bonchev–Trinajstić information content (AvgIpc) is 2.33. The van der Waals surface area contributed by atoms with E-state index in [0.29, 0.717) is 19.1 Å². The molecule has 3 nitrogen and oxygen atoms in total. The van der Waals surface area contributed by atoms with Gasteiger partial charge in [-0.2, -0.15) is 11.8 Å². The lowest BCUT2D eigenvalue weighted by Crippen LogP contribution is -2.18. The molecule has 1 fully saturated rings. The number of carbonyl (C=O) groups excluding carboxylic acids is 1. The maximum Gasteiger partial charge on any atom is 0.508 e. The van der Waals surface area contributed by atoms with Crippen molar-refractivity contribution in [1.82, 2.24) is 0 Å². The SMILES string of the molecule is CCSCCOC(=O)OCC1CCCCC1. The molecule has 0 aromatic rings. The zero-order valence-electron chi connectivity index (χ0n) is 10.1. The van der Waals surface area contributed by atoms with Crippen molar-refractivity contribution in [2.24, 2.45) is 5.92 Å². The zero-order chi connectivity index (χ0) is 11.6. The predicted octanol–water partition coefficient (Wildman–Crippen LogP) is 3.47. The lowest BCUT2D eigenvalue weighted by atomic mass is 9.90. The van der Waals surface area contributed by atoms with Crippen LogP contribution >= 0.6 is 11.8 Å². The maximum absolute atomic E-state index is 11.2. The first kappa shape index (κ1) is 13.7. The van der Waals surface area contributed by atoms with Crippen LogP contribution in [0.2, 0.25) is 0 Å². The molecule has 0 saturated heterocycles. The Kier molecular flexibility index (Phi) is 7.47. The van der Waals surface area contributed by atoms with E-state index in [-0.39, 0.29) is 0 Å². The highest BCUT2D eigenvalue weighted by molar-refractivity contribution is 7.99. The molecule has 4 heteroatoms. The molecule has 0 amide bonds. The summed E-state index contributed by atoms with van der Waals surface area (Å²) >= 11 is 1.76. The topological polar surface area (TPSA) is 35.5 Å². The average molecular weight is 246 g/mol. The molecule has 0 aromatic heterocycles. The fraction of sp³-hybridized carbons (Fsp3) is 0.917. The Balaban J connectivity index is 1.96. The zero-order valence-corrected chi connectivity index (χ0v) is 10.9. The van der Waals surface area contributed by atoms with Gasteiger partial charge in [0, 0.05) is 5.75 Å². The molecule has 0 spiro atoms. The summed E-state index contributed by atoms with van der Waals surface area (Å²) in [6, 6.07) is 0. The van der Waals surface area contributed by atoms with Crippen molar-refractivity contribution in [2.45, 2.75) is 39.0 Å². The number of hydrogen-bond acceptors (Lipinski definition) is 4. The third kappa shape index (κ3) is 6.26. The van der Waals surface area contributed by atoms with E-state index < -0.39 is 6.16 Å². The number of thioether (sulfide) groups is 1. The molecule has 0 atom stereocenters. The van der Waals surface area contributed by atoms with Gasteiger partial charge in [-0.05, 0) is 24.5 Å². The van der Waals surface area contributed by atoms with E-state index in [1.54, 1.807) is 11.8 Å². The van der Waals surface area contributed by atoms with Crippen LogP contribution in [-0.2, 0) is 9.47 Å². The highest BCUT2D eigenvalue weighted by Crippen LogP contribution is 2.23. The Morgan fingerprint density at radius 3 is 2.69 bits per heavy atom. The van der Waals surface area contributed by atoms with Crippen molar-refractivity contribution >= 4 is 17.9 Å². The minimum Gasteiger partial charge on any atom is -0.434 e. The van der Waals surface area contributed by atoms with Gasteiger partial charge < -0.3 is 9.47 Å². The van der Waals surface area contributed by atoms with E-state index in [1.807, 2.05) is 0 Å². The standard InChI is InChI=1S/C12H22O3S/c1-2-16-9-8-14-12(13)15-10-11-6-4-3-5-7-11/h11H,2-10H2,1H3. The van der Waals surface area contributed by atoms with E-state index in [1.165, 1.54) is 32.1 Å². The number of hydrogen-bond donors (Lipinski definition) is 0. The van der Waals surface area contributed by atoms with E-state index in [0.717, 1.165) is 11.5 Å². The summed E-state index contributed by atoms with van der Waals surface area (Å²) in [5.74, 6) is 2.47. The fourth-order valence-corrected chi connectivity index (χ4v) is 2.40. The van der Waals surface area contributed by atoms with Crippen LogP contribution in [-0.4, -0.2) is 30.9 Å². The number of carbonyl (C=O) groups is 1. The first-order valence-electron chi connectivity index (χ1n) is 6.20. The molecular weight excluding hydrogens is 224 g/mol. The second kappa shape index (κ2) is 8.74. The third-order valence-electron chi connectivity index (χ3n) is 2.81. The van der Waals surface area contributed by atoms with E-state index in [4.69, 9.17) is 9.47 Å². The van der Waals surface area contributed by atoms with Crippen LogP contribution in [0, 0.1) is 5.92 Å². The molecule has 1 saturated carbocycles. The molecule has 0 bridgehead atoms. The molecule has 0 radical (unpaired) electrons. The van der Waals surface area contributed by atoms with Gasteiger partial charge in [0.25, 0.3) is 0 Å². The van der Waals surface area contributed by atoms with Gasteiger partial charge in [0.05, 0.1) is 6.61 Å². The minimum absolute atomic E-state index is 0.460. The van der Waals surface area contributed by atoms with Gasteiger partial charge in [-0.25, -0.2) is 4.79 Å². The van der Waals surface area contributed by atoms with Gasteiger partial charge in [-0.3, -0.25) is 0 Å². The Morgan fingerprint density at radius 2 is 2.00 bits per heavy atom. The van der Waals surface area contributed by atoms with E-state index >= 15 is 0 Å². The number of ether oxygens (including phenoxy) is 2. The van der Waals surface area contributed by atoms with Crippen molar-refractivity contribution in [3.05, 3.63) is 0 Å². The second-order valence-corrected chi connectivity index (χ2v) is 5.50. The first-order chi connectivity index (χ1) is 7.83. The van der Waals surface area contributed by atoms with Crippen LogP contribution in [0.3, 0.4) is 0 Å². The summed E-state index contributed by atoms with van der Waals surface area (Å²) in [6.07, 6.45) is 5.77. The van der Waals surface area contributed by atoms with Gasteiger partial charge >= 0.3 is 6.16 Å². The summed E-state index contributed by atoms with van der Waals surface area (Å²) < 4.78 is 10.0. The predicted molar refractivity (Wildman–Crippen MR) is 66.9 cm³/mol. The van der Waals surface area contributed by atoms with Crippen molar-refractivity contribution in [2.75, 3.05) is 24.7 Å². The number of rotatable bonds is 6. The van der Waals surface area contributed by atoms with Gasteiger partial charge in [0.1, 0.15) is 6.61 Å². The molecular formula is C12H22O3S. The molecule has 0 heterocycles. The fourth-order valence-electron chi connectivity index (χ4n) is 1.91. The molecule has 16 heavy (non-hydrogen) atoms. The maximum atomic E-state index is 11.2. The highest BCUT2D eigenvalue weighted by Gasteiger charge is 2.15. The van der Waals surface area contributed by atoms with Crippen LogP contribution in [0.5, 0.6) is 0 Å². The monoisotopic (exact) mass is 246 g/mol. The lowest BCUT2D eigenvalue weighted by Gasteiger charge is -2.20. The largest absolute Gasteiger partial charge is 0.508 e. The Bertz CT molecular complexity index is 191. The van der Waals surface area contributed by atoms with Gasteiger partial charge in [-0.1, -0.05) is 26.2 Å². The third-order valence-corrected chi connectivity index (χ3v) is 3.68. The van der Waals surface area contributed by atoms with Crippen molar-refractivity contribution in [1.29, 1.82) is 0 Å². The minimum atomic E-state index is -0.498. The normalized spacial score (nSPS) is 17.1. The van der Waals surface area contributed by atoms with Crippen LogP contribution in [0.4, 0.5) is 4.79 Å². The van der Waals surface area contributed by atoms with Gasteiger partial charge in [-0.15, -0.1) is 0 Å². The second-order valence-electron chi connectivity index (χ2n) is 4.11. The Hall–Kier alpha value is -0.380. The Labute approximate surface area is 102 Å². The molecule has 0 aromatic carbocycles. The summed E-state index contributed by atoms with van der Waals surface area (Å²) in [6.45, 7) is 3.09. The van der Waals surface area contributed by atoms with Crippen LogP contribution in [0.15, 0.2) is 0 Å². The van der Waals surface area contributed by atoms with Gasteiger partial charge in [0.15, 0.2) is 0 Å². The molecule has 1 aliphatic rings. The smallest absolute Gasteiger partial charge is 0.434 e. The molecule has 0 N–H and O–H groups in total. The highest BCUT2D eigenvalue weighted by atomic mass is 32.2. The summed E-state index contributed by atoms with van der Waals surface area (Å²) in [4.78, 5) is 11.2. The van der Waals surface area contributed by atoms with Gasteiger partial charge in [0.2, 0.25) is 0 Å². The molecule has 0 aliphatic heterocycles. The van der Waals surface area contributed by atoms with Crippen LogP contribution in [0.1, 0.15) is 39.0 Å².